The van der Waals surface area contributed by atoms with Crippen LogP contribution in [0.5, 0.6) is 0 Å². The van der Waals surface area contributed by atoms with Crippen LogP contribution >= 0.6 is 36.6 Å². The molecule has 1 aromatic heterocycles. The van der Waals surface area contributed by atoms with Gasteiger partial charge < -0.3 is 5.32 Å². The van der Waals surface area contributed by atoms with Gasteiger partial charge in [-0.3, -0.25) is 0 Å². The fourth-order valence-corrected chi connectivity index (χ4v) is 6.25. The monoisotopic (exact) mass is 416 g/mol. The van der Waals surface area contributed by atoms with Crippen molar-refractivity contribution in [2.75, 3.05) is 5.32 Å². The fraction of sp³-hybridized carbons (Fsp3) is 0.211. The minimum absolute atomic E-state index is 0.0849. The molecule has 0 aliphatic carbocycles. The second kappa shape index (κ2) is 5.83. The standard InChI is InChI=1S/C19H17BrN2S2/c1-11-4-7-13(8-5-11)21-18-16-14-10-12(20)6-9-15(14)22-19(2,3)17(16)23-24-18/h4-10,22H,1-3H3. The van der Waals surface area contributed by atoms with E-state index in [-0.39, 0.29) is 5.54 Å². The molecule has 24 heavy (non-hydrogen) atoms. The van der Waals surface area contributed by atoms with E-state index in [1.165, 1.54) is 27.3 Å². The lowest BCUT2D eigenvalue weighted by molar-refractivity contribution is 0.619. The molecule has 0 saturated heterocycles. The van der Waals surface area contributed by atoms with E-state index in [1.54, 1.807) is 10.3 Å². The van der Waals surface area contributed by atoms with Crippen LogP contribution in [0.25, 0.3) is 11.1 Å². The minimum atomic E-state index is -0.0849. The van der Waals surface area contributed by atoms with E-state index >= 15 is 0 Å². The van der Waals surface area contributed by atoms with E-state index in [2.05, 4.69) is 84.5 Å². The third-order valence-electron chi connectivity index (χ3n) is 4.18. The first-order chi connectivity index (χ1) is 11.4. The van der Waals surface area contributed by atoms with Gasteiger partial charge in [0.2, 0.25) is 0 Å². The van der Waals surface area contributed by atoms with Gasteiger partial charge in [-0.2, -0.15) is 0 Å². The van der Waals surface area contributed by atoms with Gasteiger partial charge in [-0.05, 0) is 51.1 Å². The Labute approximate surface area is 157 Å². The highest BCUT2D eigenvalue weighted by Crippen LogP contribution is 2.46. The normalized spacial score (nSPS) is 15.6. The molecule has 0 spiro atoms. The summed E-state index contributed by atoms with van der Waals surface area (Å²) in [6, 6.07) is 14.8. The van der Waals surface area contributed by atoms with Gasteiger partial charge in [-0.1, -0.05) is 54.3 Å². The molecule has 2 heterocycles. The molecule has 0 unspecified atom stereocenters. The molecule has 1 N–H and O–H groups in total. The zero-order valence-corrected chi connectivity index (χ0v) is 16.9. The molecular formula is C19H17BrN2S2. The molecule has 2 aromatic carbocycles. The van der Waals surface area contributed by atoms with Gasteiger partial charge >= 0.3 is 0 Å². The number of hydrogen-bond donors (Lipinski definition) is 1. The van der Waals surface area contributed by atoms with Crippen LogP contribution in [0, 0.1) is 6.92 Å². The first-order valence-electron chi connectivity index (χ1n) is 7.77. The molecule has 0 fully saturated rings. The molecule has 0 radical (unpaired) electrons. The Morgan fingerprint density at radius 2 is 1.79 bits per heavy atom. The number of fused-ring (bicyclic) bond motifs is 3. The van der Waals surface area contributed by atoms with Crippen molar-refractivity contribution in [3.63, 3.8) is 0 Å². The van der Waals surface area contributed by atoms with Crippen LogP contribution in [0.4, 0.5) is 11.4 Å². The number of rotatable bonds is 1. The van der Waals surface area contributed by atoms with Crippen LogP contribution in [-0.2, 0) is 5.54 Å². The average molecular weight is 417 g/mol. The van der Waals surface area contributed by atoms with E-state index in [9.17, 15) is 0 Å². The molecule has 1 aliphatic heterocycles. The Balaban J connectivity index is 1.98. The molecular weight excluding hydrogens is 400 g/mol. The quantitative estimate of drug-likeness (QED) is 0.453. The summed E-state index contributed by atoms with van der Waals surface area (Å²) in [7, 11) is 3.58. The maximum Gasteiger partial charge on any atom is 0.135 e. The van der Waals surface area contributed by atoms with Gasteiger partial charge in [0.15, 0.2) is 0 Å². The lowest BCUT2D eigenvalue weighted by Gasteiger charge is -2.33. The lowest BCUT2D eigenvalue weighted by atomic mass is 9.90. The van der Waals surface area contributed by atoms with Crippen molar-refractivity contribution in [1.29, 1.82) is 0 Å². The van der Waals surface area contributed by atoms with Crippen LogP contribution < -0.4 is 9.99 Å². The summed E-state index contributed by atoms with van der Waals surface area (Å²) in [5.74, 6) is 0. The summed E-state index contributed by atoms with van der Waals surface area (Å²) in [6.45, 7) is 6.56. The van der Waals surface area contributed by atoms with Crippen molar-refractivity contribution in [3.05, 3.63) is 62.0 Å². The van der Waals surface area contributed by atoms with E-state index < -0.39 is 0 Å². The van der Waals surface area contributed by atoms with Crippen LogP contribution in [-0.4, -0.2) is 0 Å². The topological polar surface area (TPSA) is 24.4 Å². The van der Waals surface area contributed by atoms with Gasteiger partial charge in [-0.25, -0.2) is 4.99 Å². The molecule has 0 saturated carbocycles. The van der Waals surface area contributed by atoms with Gasteiger partial charge in [0.1, 0.15) is 4.67 Å². The first kappa shape index (κ1) is 16.1. The summed E-state index contributed by atoms with van der Waals surface area (Å²) in [4.78, 5) is 6.29. The van der Waals surface area contributed by atoms with Crippen molar-refractivity contribution in [2.45, 2.75) is 26.3 Å². The van der Waals surface area contributed by atoms with Crippen LogP contribution in [0.3, 0.4) is 0 Å². The first-order valence-corrected chi connectivity index (χ1v) is 10.7. The Morgan fingerprint density at radius 3 is 2.54 bits per heavy atom. The van der Waals surface area contributed by atoms with Crippen LogP contribution in [0.1, 0.15) is 24.3 Å². The van der Waals surface area contributed by atoms with E-state index in [0.717, 1.165) is 14.8 Å². The Bertz CT molecular complexity index is 981. The number of nitrogens with zero attached hydrogens (tertiary/aromatic N) is 1. The molecule has 5 heteroatoms. The van der Waals surface area contributed by atoms with Crippen LogP contribution in [0.15, 0.2) is 51.9 Å². The lowest BCUT2D eigenvalue weighted by Crippen LogP contribution is -2.31. The predicted octanol–water partition coefficient (Wildman–Crippen LogP) is 6.44. The Hall–Kier alpha value is -1.43. The minimum Gasteiger partial charge on any atom is -0.375 e. The van der Waals surface area contributed by atoms with Crippen molar-refractivity contribution in [2.24, 2.45) is 4.99 Å². The highest BCUT2D eigenvalue weighted by atomic mass is 79.9. The zero-order chi connectivity index (χ0) is 16.9. The maximum atomic E-state index is 4.94. The smallest absolute Gasteiger partial charge is 0.135 e. The highest BCUT2D eigenvalue weighted by molar-refractivity contribution is 9.10. The Morgan fingerprint density at radius 1 is 1.04 bits per heavy atom. The van der Waals surface area contributed by atoms with E-state index in [4.69, 9.17) is 4.99 Å². The molecule has 2 nitrogen and oxygen atoms in total. The molecule has 122 valence electrons. The summed E-state index contributed by atoms with van der Waals surface area (Å²) in [5.41, 5.74) is 5.84. The van der Waals surface area contributed by atoms with Gasteiger partial charge in [0.05, 0.1) is 16.1 Å². The molecule has 4 rings (SSSR count). The number of aryl methyl sites for hydroxylation is 1. The second-order valence-electron chi connectivity index (χ2n) is 6.56. The van der Waals surface area contributed by atoms with Crippen molar-refractivity contribution in [3.8, 4) is 11.1 Å². The second-order valence-corrected chi connectivity index (χ2v) is 9.61. The van der Waals surface area contributed by atoms with Gasteiger partial charge in [0.25, 0.3) is 0 Å². The third-order valence-corrected chi connectivity index (χ3v) is 7.31. The molecule has 0 amide bonds. The van der Waals surface area contributed by atoms with Crippen LogP contribution in [0.2, 0.25) is 0 Å². The molecule has 1 aliphatic rings. The summed E-state index contributed by atoms with van der Waals surface area (Å²) in [6.07, 6.45) is 0. The molecule has 3 aromatic rings. The largest absolute Gasteiger partial charge is 0.375 e. The average Bonchev–Trinajstić information content (AvgIpc) is 2.95. The Kier molecular flexibility index (Phi) is 3.90. The number of benzene rings is 2. The summed E-state index contributed by atoms with van der Waals surface area (Å²) in [5, 5.41) is 3.66. The zero-order valence-electron chi connectivity index (χ0n) is 13.7. The third kappa shape index (κ3) is 2.75. The van der Waals surface area contributed by atoms with E-state index in [1.807, 2.05) is 10.3 Å². The van der Waals surface area contributed by atoms with Crippen molar-refractivity contribution < 1.29 is 0 Å². The van der Waals surface area contributed by atoms with Gasteiger partial charge in [-0.15, -0.1) is 0 Å². The van der Waals surface area contributed by atoms with Gasteiger partial charge in [0, 0.05) is 21.3 Å². The number of hydrogen-bond acceptors (Lipinski definition) is 4. The molecule has 0 atom stereocenters. The number of nitrogens with one attached hydrogen (secondary N) is 1. The molecule has 0 bridgehead atoms. The summed E-state index contributed by atoms with van der Waals surface area (Å²) < 4.78 is 2.18. The van der Waals surface area contributed by atoms with Crippen molar-refractivity contribution in [1.82, 2.24) is 0 Å². The highest BCUT2D eigenvalue weighted by Gasteiger charge is 2.33. The number of halogens is 1. The SMILES string of the molecule is Cc1ccc(N=c2ssc3c2-c2cc(Br)ccc2NC3(C)C)cc1. The predicted molar refractivity (Wildman–Crippen MR) is 108 cm³/mol. The maximum absolute atomic E-state index is 4.94. The van der Waals surface area contributed by atoms with Crippen molar-refractivity contribution >= 4 is 48.0 Å². The fourth-order valence-electron chi connectivity index (χ4n) is 2.95. The number of anilines is 1. The van der Waals surface area contributed by atoms with E-state index in [0.29, 0.717) is 0 Å². The summed E-state index contributed by atoms with van der Waals surface area (Å²) >= 11 is 3.61.